The van der Waals surface area contributed by atoms with E-state index >= 15 is 0 Å². The Morgan fingerprint density at radius 2 is 1.84 bits per heavy atom. The third-order valence-electron chi connectivity index (χ3n) is 7.75. The highest BCUT2D eigenvalue weighted by Crippen LogP contribution is 2.50. The van der Waals surface area contributed by atoms with E-state index in [1.165, 1.54) is 28.5 Å². The van der Waals surface area contributed by atoms with Gasteiger partial charge >= 0.3 is 11.9 Å². The summed E-state index contributed by atoms with van der Waals surface area (Å²) in [7, 11) is 0. The summed E-state index contributed by atoms with van der Waals surface area (Å²) in [4.78, 5) is 43.7. The van der Waals surface area contributed by atoms with E-state index in [1.54, 1.807) is 28.7 Å². The van der Waals surface area contributed by atoms with Gasteiger partial charge in [-0.1, -0.05) is 18.2 Å². The number of alkyl halides is 3. The summed E-state index contributed by atoms with van der Waals surface area (Å²) in [6.45, 7) is 8.01. The molecule has 0 N–H and O–H groups in total. The highest BCUT2D eigenvalue weighted by atomic mass is 35.5. The fraction of sp³-hybridized carbons (Fsp3) is 0.345. The van der Waals surface area contributed by atoms with Crippen LogP contribution in [0.15, 0.2) is 58.3 Å². The van der Waals surface area contributed by atoms with E-state index in [9.17, 15) is 22.8 Å². The summed E-state index contributed by atoms with van der Waals surface area (Å²) in [5.41, 5.74) is -1.03. The maximum atomic E-state index is 14.9. The SMILES string of the molecule is C=CC(=O)N1[C@H](C)CN(c2nc(=O)n3c4c(c(-c5cc(Cl)cs5)c(C(F)(F)F)cc24)SC[C@H](c2ncccn2)C3)C[C@@H]1C. The van der Waals surface area contributed by atoms with Crippen molar-refractivity contribution in [2.75, 3.05) is 23.7 Å². The molecule has 5 heterocycles. The molecule has 224 valence electrons. The van der Waals surface area contributed by atoms with E-state index in [4.69, 9.17) is 11.6 Å². The number of thiophene rings is 1. The van der Waals surface area contributed by atoms with E-state index in [2.05, 4.69) is 21.5 Å². The van der Waals surface area contributed by atoms with Crippen LogP contribution in [0.25, 0.3) is 21.3 Å². The molecule has 3 aromatic heterocycles. The zero-order valence-electron chi connectivity index (χ0n) is 23.1. The van der Waals surface area contributed by atoms with Crippen LogP contribution < -0.4 is 10.6 Å². The van der Waals surface area contributed by atoms with Gasteiger partial charge in [-0.2, -0.15) is 18.2 Å². The van der Waals surface area contributed by atoms with Crippen LogP contribution in [0.4, 0.5) is 19.0 Å². The number of hydrogen-bond acceptors (Lipinski definition) is 8. The number of carbonyl (C=O) groups is 1. The zero-order chi connectivity index (χ0) is 30.6. The fourth-order valence-electron chi connectivity index (χ4n) is 6.03. The second kappa shape index (κ2) is 11.3. The number of nitrogens with zero attached hydrogens (tertiary/aromatic N) is 6. The largest absolute Gasteiger partial charge is 0.417 e. The van der Waals surface area contributed by atoms with Gasteiger partial charge in [0, 0.05) is 81.9 Å². The van der Waals surface area contributed by atoms with Crippen LogP contribution in [0.5, 0.6) is 0 Å². The maximum Gasteiger partial charge on any atom is 0.417 e. The first-order valence-corrected chi connectivity index (χ1v) is 15.7. The van der Waals surface area contributed by atoms with Gasteiger partial charge in [-0.25, -0.2) is 14.8 Å². The van der Waals surface area contributed by atoms with E-state index in [0.717, 1.165) is 17.4 Å². The number of piperazine rings is 1. The number of rotatable bonds is 4. The molecule has 0 aliphatic carbocycles. The van der Waals surface area contributed by atoms with Gasteiger partial charge in [0.25, 0.3) is 0 Å². The molecular formula is C29H26ClF3N6O2S2. The third kappa shape index (κ3) is 5.31. The molecule has 6 rings (SSSR count). The Bertz CT molecular complexity index is 1780. The topological polar surface area (TPSA) is 84.2 Å². The average molecular weight is 647 g/mol. The lowest BCUT2D eigenvalue weighted by Gasteiger charge is -2.44. The van der Waals surface area contributed by atoms with Crippen molar-refractivity contribution in [2.45, 2.75) is 49.5 Å². The van der Waals surface area contributed by atoms with Crippen LogP contribution in [0.2, 0.25) is 5.02 Å². The van der Waals surface area contributed by atoms with E-state index in [1.807, 2.05) is 18.7 Å². The molecular weight excluding hydrogens is 621 g/mol. The minimum Gasteiger partial charge on any atom is -0.352 e. The number of hydrogen-bond donors (Lipinski definition) is 0. The van der Waals surface area contributed by atoms with Crippen molar-refractivity contribution in [1.29, 1.82) is 0 Å². The molecule has 0 bridgehead atoms. The minimum atomic E-state index is -4.71. The van der Waals surface area contributed by atoms with Crippen molar-refractivity contribution in [3.05, 3.63) is 75.5 Å². The first kappa shape index (κ1) is 29.6. The van der Waals surface area contributed by atoms with Crippen molar-refractivity contribution < 1.29 is 18.0 Å². The van der Waals surface area contributed by atoms with Gasteiger partial charge in [0.2, 0.25) is 5.91 Å². The molecule has 1 amide bonds. The molecule has 1 saturated heterocycles. The third-order valence-corrected chi connectivity index (χ3v) is 10.3. The number of halogens is 4. The molecule has 1 fully saturated rings. The van der Waals surface area contributed by atoms with Crippen LogP contribution in [-0.4, -0.2) is 61.3 Å². The summed E-state index contributed by atoms with van der Waals surface area (Å²) >= 11 is 8.57. The Labute approximate surface area is 258 Å². The van der Waals surface area contributed by atoms with Gasteiger partial charge < -0.3 is 9.80 Å². The molecule has 1 aromatic carbocycles. The Morgan fingerprint density at radius 3 is 2.44 bits per heavy atom. The molecule has 0 saturated carbocycles. The molecule has 2 aliphatic rings. The van der Waals surface area contributed by atoms with Crippen LogP contribution in [-0.2, 0) is 17.5 Å². The number of benzene rings is 1. The quantitative estimate of drug-likeness (QED) is 0.248. The Morgan fingerprint density at radius 1 is 1.14 bits per heavy atom. The van der Waals surface area contributed by atoms with Crippen molar-refractivity contribution in [3.8, 4) is 10.4 Å². The van der Waals surface area contributed by atoms with Crippen molar-refractivity contribution in [1.82, 2.24) is 24.4 Å². The molecule has 43 heavy (non-hydrogen) atoms. The molecule has 8 nitrogen and oxygen atoms in total. The number of thioether (sulfide) groups is 1. The number of anilines is 1. The van der Waals surface area contributed by atoms with Gasteiger partial charge in [-0.05, 0) is 38.1 Å². The Balaban J connectivity index is 1.62. The van der Waals surface area contributed by atoms with Crippen LogP contribution in [0.1, 0.15) is 31.2 Å². The number of amides is 1. The average Bonchev–Trinajstić information content (AvgIpc) is 3.29. The lowest BCUT2D eigenvalue weighted by atomic mass is 10.00. The van der Waals surface area contributed by atoms with Gasteiger partial charge in [0.15, 0.2) is 0 Å². The van der Waals surface area contributed by atoms with Crippen molar-refractivity contribution in [2.24, 2.45) is 0 Å². The Hall–Kier alpha value is -3.42. The van der Waals surface area contributed by atoms with E-state index < -0.39 is 17.4 Å². The van der Waals surface area contributed by atoms with Gasteiger partial charge in [-0.3, -0.25) is 9.36 Å². The number of aromatic nitrogens is 4. The molecule has 2 aliphatic heterocycles. The summed E-state index contributed by atoms with van der Waals surface area (Å²) in [5.74, 6) is 0.423. The van der Waals surface area contributed by atoms with Crippen LogP contribution >= 0.6 is 34.7 Å². The van der Waals surface area contributed by atoms with Crippen molar-refractivity contribution in [3.63, 3.8) is 0 Å². The second-order valence-electron chi connectivity index (χ2n) is 10.6. The first-order valence-electron chi connectivity index (χ1n) is 13.5. The van der Waals surface area contributed by atoms with Crippen LogP contribution in [0.3, 0.4) is 0 Å². The molecule has 0 spiro atoms. The predicted octanol–water partition coefficient (Wildman–Crippen LogP) is 6.09. The van der Waals surface area contributed by atoms with Crippen LogP contribution in [0, 0.1) is 0 Å². The lowest BCUT2D eigenvalue weighted by Crippen LogP contribution is -2.58. The van der Waals surface area contributed by atoms with Crippen molar-refractivity contribution >= 4 is 57.3 Å². The molecule has 14 heteroatoms. The summed E-state index contributed by atoms with van der Waals surface area (Å²) in [5, 5.41) is 2.14. The van der Waals surface area contributed by atoms with E-state index in [-0.39, 0.29) is 60.3 Å². The zero-order valence-corrected chi connectivity index (χ0v) is 25.5. The highest BCUT2D eigenvalue weighted by molar-refractivity contribution is 7.99. The van der Waals surface area contributed by atoms with Gasteiger partial charge in [0.05, 0.1) is 16.1 Å². The number of carbonyl (C=O) groups excluding carboxylic acids is 1. The summed E-state index contributed by atoms with van der Waals surface area (Å²) in [6, 6.07) is 3.71. The summed E-state index contributed by atoms with van der Waals surface area (Å²) < 4.78 is 46.1. The fourth-order valence-corrected chi connectivity index (χ4v) is 8.57. The maximum absolute atomic E-state index is 14.9. The second-order valence-corrected chi connectivity index (χ2v) is 13.0. The predicted molar refractivity (Wildman–Crippen MR) is 163 cm³/mol. The highest BCUT2D eigenvalue weighted by Gasteiger charge is 2.40. The summed E-state index contributed by atoms with van der Waals surface area (Å²) in [6.07, 6.45) is -0.258. The normalized spacial score (nSPS) is 20.7. The minimum absolute atomic E-state index is 0.00929. The Kier molecular flexibility index (Phi) is 7.76. The monoisotopic (exact) mass is 646 g/mol. The molecule has 0 radical (unpaired) electrons. The molecule has 0 unspecified atom stereocenters. The molecule has 4 aromatic rings. The van der Waals surface area contributed by atoms with E-state index in [0.29, 0.717) is 31.9 Å². The molecule has 3 atom stereocenters. The lowest BCUT2D eigenvalue weighted by molar-refractivity contribution is -0.137. The standard InChI is InChI=1S/C29H26ClF3N6O2S2/c1-4-22(40)39-15(2)10-37(11-16(39)3)27-19-9-20(29(31,32)33)23(21-8-18(30)14-42-21)25-24(19)38(28(41)36-27)12-17(13-43-25)26-34-6-5-7-35-26/h4-9,14-17H,1,10-13H2,2-3H3/t15-,16+,17-/m1/s1. The van der Waals surface area contributed by atoms with Gasteiger partial charge in [-0.15, -0.1) is 23.1 Å². The van der Waals surface area contributed by atoms with Gasteiger partial charge in [0.1, 0.15) is 11.6 Å². The smallest absolute Gasteiger partial charge is 0.352 e. The first-order chi connectivity index (χ1) is 20.5.